The van der Waals surface area contributed by atoms with E-state index in [2.05, 4.69) is 34.0 Å². The number of hydrogen-bond acceptors (Lipinski definition) is 0. The van der Waals surface area contributed by atoms with E-state index in [1.165, 1.54) is 30.8 Å². The van der Waals surface area contributed by atoms with E-state index in [4.69, 9.17) is 0 Å². The van der Waals surface area contributed by atoms with Crippen LogP contribution in [0.2, 0.25) is 0 Å². The highest BCUT2D eigenvalue weighted by molar-refractivity contribution is 8.33. The van der Waals surface area contributed by atoms with Gasteiger partial charge >= 0.3 is 0 Å². The average Bonchev–Trinajstić information content (AvgIpc) is 2.04. The van der Waals surface area contributed by atoms with Gasteiger partial charge in [-0.15, -0.1) is 0 Å². The minimum atomic E-state index is -0.268. The summed E-state index contributed by atoms with van der Waals surface area (Å²) >= 11 is 0. The second-order valence-electron chi connectivity index (χ2n) is 3.98. The standard InChI is InChI=1S/C11H26S/c1-6-9-12(5,10-7-2)11(4)8-3/h11H,6-10H2,1-5H3. The van der Waals surface area contributed by atoms with Gasteiger partial charge in [0.25, 0.3) is 0 Å². The van der Waals surface area contributed by atoms with Crippen LogP contribution in [0, 0.1) is 0 Å². The average molecular weight is 190 g/mol. The molecule has 0 nitrogen and oxygen atoms in total. The van der Waals surface area contributed by atoms with Crippen LogP contribution in [0.4, 0.5) is 0 Å². The zero-order chi connectivity index (χ0) is 9.61. The second-order valence-corrected chi connectivity index (χ2v) is 8.30. The first-order valence-corrected chi connectivity index (χ1v) is 7.77. The van der Waals surface area contributed by atoms with E-state index in [-0.39, 0.29) is 10.0 Å². The molecule has 1 heteroatoms. The van der Waals surface area contributed by atoms with Crippen molar-refractivity contribution >= 4 is 10.0 Å². The molecule has 0 heterocycles. The maximum atomic E-state index is 2.55. The summed E-state index contributed by atoms with van der Waals surface area (Å²) in [6.45, 7) is 9.43. The van der Waals surface area contributed by atoms with Crippen molar-refractivity contribution in [3.63, 3.8) is 0 Å². The van der Waals surface area contributed by atoms with Crippen LogP contribution >= 0.6 is 10.0 Å². The van der Waals surface area contributed by atoms with Gasteiger partial charge in [-0.3, -0.25) is 0 Å². The number of hydrogen-bond donors (Lipinski definition) is 0. The molecule has 0 fully saturated rings. The molecule has 0 aromatic carbocycles. The third-order valence-corrected chi connectivity index (χ3v) is 7.85. The highest BCUT2D eigenvalue weighted by Crippen LogP contribution is 2.50. The zero-order valence-corrected chi connectivity index (χ0v) is 10.3. The van der Waals surface area contributed by atoms with Gasteiger partial charge in [-0.25, -0.2) is 10.0 Å². The maximum Gasteiger partial charge on any atom is -0.0145 e. The van der Waals surface area contributed by atoms with Crippen LogP contribution in [0.3, 0.4) is 0 Å². The molecule has 0 amide bonds. The second kappa shape index (κ2) is 5.90. The molecule has 0 spiro atoms. The molecule has 0 N–H and O–H groups in total. The van der Waals surface area contributed by atoms with Crippen molar-refractivity contribution in [2.24, 2.45) is 0 Å². The Morgan fingerprint density at radius 1 is 1.00 bits per heavy atom. The first-order valence-electron chi connectivity index (χ1n) is 5.33. The van der Waals surface area contributed by atoms with Gasteiger partial charge < -0.3 is 0 Å². The van der Waals surface area contributed by atoms with E-state index in [0.717, 1.165) is 5.25 Å². The summed E-state index contributed by atoms with van der Waals surface area (Å²) < 4.78 is 0. The fourth-order valence-electron chi connectivity index (χ4n) is 1.84. The van der Waals surface area contributed by atoms with Crippen LogP contribution in [-0.2, 0) is 0 Å². The Bertz CT molecular complexity index is 104. The molecule has 0 aliphatic carbocycles. The summed E-state index contributed by atoms with van der Waals surface area (Å²) in [5, 5.41) is 0.970. The minimum absolute atomic E-state index is 0.268. The van der Waals surface area contributed by atoms with Gasteiger partial charge in [0.1, 0.15) is 0 Å². The van der Waals surface area contributed by atoms with E-state index in [9.17, 15) is 0 Å². The normalized spacial score (nSPS) is 16.1. The molecule has 0 aliphatic rings. The van der Waals surface area contributed by atoms with Crippen molar-refractivity contribution in [1.82, 2.24) is 0 Å². The lowest BCUT2D eigenvalue weighted by molar-refractivity contribution is 0.876. The molecule has 0 aliphatic heterocycles. The van der Waals surface area contributed by atoms with Crippen molar-refractivity contribution in [3.05, 3.63) is 0 Å². The molecule has 76 valence electrons. The fraction of sp³-hybridized carbons (Fsp3) is 1.00. The molecule has 0 saturated heterocycles. The van der Waals surface area contributed by atoms with E-state index in [0.29, 0.717) is 0 Å². The summed E-state index contributed by atoms with van der Waals surface area (Å²) in [6, 6.07) is 0. The Balaban J connectivity index is 4.15. The highest BCUT2D eigenvalue weighted by atomic mass is 32.3. The summed E-state index contributed by atoms with van der Waals surface area (Å²) in [5.74, 6) is 2.96. The first-order chi connectivity index (χ1) is 5.60. The highest BCUT2D eigenvalue weighted by Gasteiger charge is 2.21. The Morgan fingerprint density at radius 2 is 1.42 bits per heavy atom. The molecule has 0 aromatic rings. The third-order valence-electron chi connectivity index (χ3n) is 2.89. The minimum Gasteiger partial charge on any atom is -0.241 e. The zero-order valence-electron chi connectivity index (χ0n) is 9.52. The molecule has 0 saturated carbocycles. The van der Waals surface area contributed by atoms with Gasteiger partial charge in [0, 0.05) is 0 Å². The van der Waals surface area contributed by atoms with Crippen LogP contribution < -0.4 is 0 Å². The van der Waals surface area contributed by atoms with Crippen LogP contribution in [0.15, 0.2) is 0 Å². The summed E-state index contributed by atoms with van der Waals surface area (Å²) in [7, 11) is -0.268. The van der Waals surface area contributed by atoms with Gasteiger partial charge in [-0.1, -0.05) is 27.7 Å². The van der Waals surface area contributed by atoms with Gasteiger partial charge in [-0.05, 0) is 42.3 Å². The van der Waals surface area contributed by atoms with Crippen LogP contribution in [0.5, 0.6) is 0 Å². The predicted octanol–water partition coefficient (Wildman–Crippen LogP) is 4.04. The van der Waals surface area contributed by atoms with Gasteiger partial charge in [-0.2, -0.15) is 0 Å². The van der Waals surface area contributed by atoms with E-state index in [1.807, 2.05) is 0 Å². The van der Waals surface area contributed by atoms with Crippen molar-refractivity contribution in [3.8, 4) is 0 Å². The van der Waals surface area contributed by atoms with Crippen LogP contribution in [-0.4, -0.2) is 23.0 Å². The lowest BCUT2D eigenvalue weighted by atomic mass is 10.4. The Morgan fingerprint density at radius 3 is 1.67 bits per heavy atom. The first kappa shape index (κ1) is 12.3. The smallest absolute Gasteiger partial charge is 0.0145 e. The summed E-state index contributed by atoms with van der Waals surface area (Å²) in [5.41, 5.74) is 0. The quantitative estimate of drug-likeness (QED) is 0.593. The molecule has 0 rings (SSSR count). The van der Waals surface area contributed by atoms with Gasteiger partial charge in [0.2, 0.25) is 0 Å². The topological polar surface area (TPSA) is 0 Å². The molecule has 1 unspecified atom stereocenters. The monoisotopic (exact) mass is 190 g/mol. The largest absolute Gasteiger partial charge is 0.241 e. The molecule has 12 heavy (non-hydrogen) atoms. The van der Waals surface area contributed by atoms with Gasteiger partial charge in [0.05, 0.1) is 0 Å². The van der Waals surface area contributed by atoms with Crippen LogP contribution in [0.1, 0.15) is 47.0 Å². The SMILES string of the molecule is CCCS(C)(CCC)C(C)CC. The number of rotatable bonds is 6. The molecule has 0 aromatic heterocycles. The predicted molar refractivity (Wildman–Crippen MR) is 63.6 cm³/mol. The molecule has 1 atom stereocenters. The Labute approximate surface area is 80.4 Å². The van der Waals surface area contributed by atoms with Crippen molar-refractivity contribution < 1.29 is 0 Å². The molecule has 0 bridgehead atoms. The molecule has 0 radical (unpaired) electrons. The lowest BCUT2D eigenvalue weighted by Gasteiger charge is -2.41. The van der Waals surface area contributed by atoms with Crippen molar-refractivity contribution in [1.29, 1.82) is 0 Å². The van der Waals surface area contributed by atoms with Crippen molar-refractivity contribution in [2.75, 3.05) is 17.8 Å². The summed E-state index contributed by atoms with van der Waals surface area (Å²) in [6.07, 6.45) is 6.66. The maximum absolute atomic E-state index is 2.55. The van der Waals surface area contributed by atoms with Crippen LogP contribution in [0.25, 0.3) is 0 Å². The molecular weight excluding hydrogens is 164 g/mol. The molecular formula is C11H26S. The summed E-state index contributed by atoms with van der Waals surface area (Å²) in [4.78, 5) is 0. The lowest BCUT2D eigenvalue weighted by Crippen LogP contribution is -2.19. The van der Waals surface area contributed by atoms with Crippen molar-refractivity contribution in [2.45, 2.75) is 52.2 Å². The Hall–Kier alpha value is 0.350. The fourth-order valence-corrected chi connectivity index (χ4v) is 5.52. The van der Waals surface area contributed by atoms with E-state index in [1.54, 1.807) is 0 Å². The Kier molecular flexibility index (Phi) is 6.08. The van der Waals surface area contributed by atoms with E-state index < -0.39 is 0 Å². The van der Waals surface area contributed by atoms with E-state index >= 15 is 0 Å². The van der Waals surface area contributed by atoms with Gasteiger partial charge in [0.15, 0.2) is 0 Å². The third kappa shape index (κ3) is 3.38.